The lowest BCUT2D eigenvalue weighted by molar-refractivity contribution is 0.309. The van der Waals surface area contributed by atoms with Gasteiger partial charge >= 0.3 is 0 Å². The van der Waals surface area contributed by atoms with Gasteiger partial charge in [-0.05, 0) is 23.1 Å². The second-order valence-corrected chi connectivity index (χ2v) is 4.16. The van der Waals surface area contributed by atoms with Crippen LogP contribution >= 0.6 is 23.0 Å². The number of halogens is 1. The molecule has 0 aromatic rings. The number of hydrogen-bond acceptors (Lipinski definition) is 1. The van der Waals surface area contributed by atoms with Crippen LogP contribution in [0.2, 0.25) is 0 Å². The Labute approximate surface area is 101 Å². The van der Waals surface area contributed by atoms with E-state index >= 15 is 0 Å². The second-order valence-electron chi connectivity index (χ2n) is 3.54. The number of fused-ring (bicyclic) bond motifs is 1. The van der Waals surface area contributed by atoms with Crippen molar-refractivity contribution < 1.29 is 3.07 Å². The average molecular weight is 304 g/mol. The monoisotopic (exact) mass is 304 g/mol. The first-order valence-electron chi connectivity index (χ1n) is 5.15. The van der Waals surface area contributed by atoms with E-state index in [9.17, 15) is 0 Å². The Morgan fingerprint density at radius 3 is 1.93 bits per heavy atom. The third-order valence-corrected chi connectivity index (χ3v) is 2.93. The van der Waals surface area contributed by atoms with Crippen molar-refractivity contribution in [3.8, 4) is 11.1 Å². The highest BCUT2D eigenvalue weighted by atomic mass is 127. The zero-order valence-corrected chi connectivity index (χ0v) is 11.0. The van der Waals surface area contributed by atoms with E-state index in [2.05, 4.69) is 38.1 Å². The third-order valence-electron chi connectivity index (χ3n) is 2.57. The summed E-state index contributed by atoms with van der Waals surface area (Å²) in [6, 6.07) is 8.48. The summed E-state index contributed by atoms with van der Waals surface area (Å²) in [5.74, 6) is 0.770. The second kappa shape index (κ2) is 6.40. The van der Waals surface area contributed by atoms with Gasteiger partial charge in [0.05, 0.1) is 6.61 Å². The number of benzene rings is 1. The molecule has 0 atom stereocenters. The zero-order valence-electron chi connectivity index (χ0n) is 8.79. The third kappa shape index (κ3) is 3.96. The molecule has 1 nitrogen and oxygen atoms in total. The Bertz CT molecular complexity index is 252. The maximum absolute atomic E-state index is 4.96. The Morgan fingerprint density at radius 1 is 1.21 bits per heavy atom. The maximum atomic E-state index is 4.96. The van der Waals surface area contributed by atoms with Crippen LogP contribution in [-0.2, 0) is 3.07 Å². The fourth-order valence-electron chi connectivity index (χ4n) is 1.29. The number of hydrogen-bond donors (Lipinski definition) is 0. The van der Waals surface area contributed by atoms with Gasteiger partial charge in [0.2, 0.25) is 0 Å². The average Bonchev–Trinajstić information content (AvgIpc) is 2.83. The van der Waals surface area contributed by atoms with Crippen molar-refractivity contribution in [2.45, 2.75) is 26.7 Å². The molecule has 0 heterocycles. The van der Waals surface area contributed by atoms with Crippen LogP contribution in [-0.4, -0.2) is 6.61 Å². The van der Waals surface area contributed by atoms with Gasteiger partial charge in [-0.3, -0.25) is 0 Å². The van der Waals surface area contributed by atoms with Gasteiger partial charge in [-0.2, -0.15) is 0 Å². The Balaban J connectivity index is 0.000000143. The van der Waals surface area contributed by atoms with Crippen molar-refractivity contribution >= 4 is 23.0 Å². The predicted octanol–water partition coefficient (Wildman–Crippen LogP) is 4.46. The molecule has 78 valence electrons. The molecule has 0 amide bonds. The molecule has 0 fully saturated rings. The fraction of sp³-hybridized carbons (Fsp3) is 0.500. The quantitative estimate of drug-likeness (QED) is 0.758. The Kier molecular flexibility index (Phi) is 5.48. The largest absolute Gasteiger partial charge is 0.316 e. The van der Waals surface area contributed by atoms with Gasteiger partial charge in [0.1, 0.15) is 23.0 Å². The molecule has 2 heteroatoms. The van der Waals surface area contributed by atoms with Crippen LogP contribution in [0, 0.1) is 5.92 Å². The molecule has 0 saturated carbocycles. The summed E-state index contributed by atoms with van der Waals surface area (Å²) in [4.78, 5) is 0. The van der Waals surface area contributed by atoms with Crippen molar-refractivity contribution in [2.75, 3.05) is 6.61 Å². The highest BCUT2D eigenvalue weighted by Gasteiger charge is 2.06. The maximum Gasteiger partial charge on any atom is 0.109 e. The van der Waals surface area contributed by atoms with Crippen molar-refractivity contribution in [1.29, 1.82) is 0 Å². The van der Waals surface area contributed by atoms with Gasteiger partial charge in [-0.1, -0.05) is 44.9 Å². The van der Waals surface area contributed by atoms with E-state index in [1.165, 1.54) is 24.0 Å². The molecule has 0 spiro atoms. The molecule has 0 unspecified atom stereocenters. The molecule has 0 saturated heterocycles. The summed E-state index contributed by atoms with van der Waals surface area (Å²) >= 11 is 1.95. The van der Waals surface area contributed by atoms with Gasteiger partial charge in [-0.25, -0.2) is 0 Å². The molecule has 14 heavy (non-hydrogen) atoms. The molecule has 0 bridgehead atoms. The molecule has 0 aliphatic heterocycles. The van der Waals surface area contributed by atoms with Crippen molar-refractivity contribution in [3.05, 3.63) is 24.3 Å². The van der Waals surface area contributed by atoms with E-state index < -0.39 is 0 Å². The summed E-state index contributed by atoms with van der Waals surface area (Å²) in [6.07, 6.45) is 2.47. The van der Waals surface area contributed by atoms with Gasteiger partial charge in [-0.15, -0.1) is 0 Å². The van der Waals surface area contributed by atoms with Gasteiger partial charge in [0, 0.05) is 0 Å². The Hall–Kier alpha value is -0.0900. The van der Waals surface area contributed by atoms with Crippen LogP contribution in [0.3, 0.4) is 0 Å². The lowest BCUT2D eigenvalue weighted by atomic mass is 10.1. The van der Waals surface area contributed by atoms with Crippen LogP contribution in [0.4, 0.5) is 0 Å². The van der Waals surface area contributed by atoms with Gasteiger partial charge in [0.25, 0.3) is 0 Å². The summed E-state index contributed by atoms with van der Waals surface area (Å²) in [6.45, 7) is 5.31. The minimum absolute atomic E-state index is 0.770. The molecule has 2 rings (SSSR count). The van der Waals surface area contributed by atoms with Crippen molar-refractivity contribution in [3.63, 3.8) is 0 Å². The predicted molar refractivity (Wildman–Crippen MR) is 69.5 cm³/mol. The van der Waals surface area contributed by atoms with Crippen molar-refractivity contribution in [2.24, 2.45) is 5.92 Å². The molecule has 0 aromatic carbocycles. The molecule has 2 aliphatic rings. The van der Waals surface area contributed by atoms with Crippen LogP contribution < -0.4 is 0 Å². The van der Waals surface area contributed by atoms with E-state index in [1.807, 2.05) is 23.0 Å². The number of rotatable bonds is 4. The van der Waals surface area contributed by atoms with Gasteiger partial charge < -0.3 is 3.07 Å². The SMILES string of the molecule is CCC(CC)COI.c1cc2cc-2c1. The van der Waals surface area contributed by atoms with Crippen LogP contribution in [0.15, 0.2) is 24.3 Å². The van der Waals surface area contributed by atoms with E-state index in [1.54, 1.807) is 0 Å². The molecule has 0 radical (unpaired) electrons. The first-order chi connectivity index (χ1) is 6.81. The van der Waals surface area contributed by atoms with Crippen LogP contribution in [0.25, 0.3) is 11.1 Å². The summed E-state index contributed by atoms with van der Waals surface area (Å²) in [5, 5.41) is 0. The highest BCUT2D eigenvalue weighted by molar-refractivity contribution is 14.1. The first-order valence-corrected chi connectivity index (χ1v) is 6.03. The summed E-state index contributed by atoms with van der Waals surface area (Å²) in [7, 11) is 0. The van der Waals surface area contributed by atoms with E-state index in [0.29, 0.717) is 0 Å². The topological polar surface area (TPSA) is 9.23 Å². The lowest BCUT2D eigenvalue weighted by Crippen LogP contribution is -2.02. The standard InChI is InChI=1S/C6H13IO.C6H4/c1-3-6(4-2)5-8-7;1-2-5-4-6(5)3-1/h6H,3-5H2,1-2H3;1-4H. The van der Waals surface area contributed by atoms with Crippen LogP contribution in [0.5, 0.6) is 0 Å². The van der Waals surface area contributed by atoms with Crippen LogP contribution in [0.1, 0.15) is 26.7 Å². The first kappa shape index (κ1) is 12.0. The normalized spacial score (nSPS) is 10.9. The van der Waals surface area contributed by atoms with E-state index in [-0.39, 0.29) is 0 Å². The molecule has 2 aliphatic carbocycles. The fourth-order valence-corrected chi connectivity index (χ4v) is 1.80. The molecule has 0 N–H and O–H groups in total. The molecular weight excluding hydrogens is 287 g/mol. The van der Waals surface area contributed by atoms with E-state index in [0.717, 1.165) is 12.5 Å². The molecule has 0 aromatic heterocycles. The Morgan fingerprint density at radius 2 is 1.79 bits per heavy atom. The minimum atomic E-state index is 0.770. The summed E-state index contributed by atoms with van der Waals surface area (Å²) in [5.41, 5.74) is 2.85. The lowest BCUT2D eigenvalue weighted by Gasteiger charge is -2.07. The minimum Gasteiger partial charge on any atom is -0.316 e. The van der Waals surface area contributed by atoms with E-state index in [4.69, 9.17) is 3.07 Å². The smallest absolute Gasteiger partial charge is 0.109 e. The zero-order chi connectivity index (χ0) is 10.4. The molecular formula is C12H17IO. The van der Waals surface area contributed by atoms with Crippen molar-refractivity contribution in [1.82, 2.24) is 0 Å². The summed E-state index contributed by atoms with van der Waals surface area (Å²) < 4.78 is 4.96. The highest BCUT2D eigenvalue weighted by Crippen LogP contribution is 2.32. The van der Waals surface area contributed by atoms with Gasteiger partial charge in [0.15, 0.2) is 0 Å².